The second kappa shape index (κ2) is 6.30. The summed E-state index contributed by atoms with van der Waals surface area (Å²) in [5, 5.41) is 3.30. The maximum Gasteiger partial charge on any atom is 0.416 e. The molecule has 21 heavy (non-hydrogen) atoms. The highest BCUT2D eigenvalue weighted by Crippen LogP contribution is 2.29. The van der Waals surface area contributed by atoms with E-state index in [1.54, 1.807) is 18.2 Å². The van der Waals surface area contributed by atoms with Gasteiger partial charge in [0.05, 0.1) is 5.56 Å². The molecule has 0 radical (unpaired) electrons. The lowest BCUT2D eigenvalue weighted by atomic mass is 10.1. The van der Waals surface area contributed by atoms with Crippen LogP contribution in [0.5, 0.6) is 0 Å². The molecule has 0 heterocycles. The predicted octanol–water partition coefficient (Wildman–Crippen LogP) is 4.85. The molecule has 2 rings (SSSR count). The van der Waals surface area contributed by atoms with E-state index in [2.05, 4.69) is 21.2 Å². The Kier molecular flexibility index (Phi) is 4.67. The minimum Gasteiger partial charge on any atom is -0.322 e. The number of anilines is 1. The zero-order valence-electron chi connectivity index (χ0n) is 10.7. The molecular formula is C15H11BrF3NO. The van der Waals surface area contributed by atoms with Crippen LogP contribution >= 0.6 is 15.9 Å². The third-order valence-corrected chi connectivity index (χ3v) is 3.46. The summed E-state index contributed by atoms with van der Waals surface area (Å²) in [7, 11) is 0. The van der Waals surface area contributed by atoms with Crippen LogP contribution in [0.25, 0.3) is 0 Å². The summed E-state index contributed by atoms with van der Waals surface area (Å²) in [6.07, 6.45) is -4.40. The van der Waals surface area contributed by atoms with Gasteiger partial charge in [-0.2, -0.15) is 13.2 Å². The van der Waals surface area contributed by atoms with Crippen molar-refractivity contribution in [3.63, 3.8) is 0 Å². The molecule has 0 aliphatic rings. The Morgan fingerprint density at radius 2 is 1.76 bits per heavy atom. The third kappa shape index (κ3) is 4.07. The number of alkyl halides is 4. The number of hydrogen-bond donors (Lipinski definition) is 1. The fourth-order valence-corrected chi connectivity index (χ4v) is 2.09. The summed E-state index contributed by atoms with van der Waals surface area (Å²) in [5.41, 5.74) is 0.977. The average Bonchev–Trinajstić information content (AvgIpc) is 2.46. The van der Waals surface area contributed by atoms with Gasteiger partial charge in [0, 0.05) is 16.6 Å². The molecule has 0 aromatic heterocycles. The summed E-state index contributed by atoms with van der Waals surface area (Å²) >= 11 is 3.31. The zero-order valence-corrected chi connectivity index (χ0v) is 12.3. The first-order valence-corrected chi connectivity index (χ1v) is 7.16. The number of benzene rings is 2. The lowest BCUT2D eigenvalue weighted by Gasteiger charge is -2.09. The zero-order chi connectivity index (χ0) is 15.5. The Bertz CT molecular complexity index is 638. The van der Waals surface area contributed by atoms with Crippen LogP contribution in [0.15, 0.2) is 48.5 Å². The van der Waals surface area contributed by atoms with E-state index in [-0.39, 0.29) is 5.56 Å². The van der Waals surface area contributed by atoms with E-state index in [1.807, 2.05) is 6.07 Å². The number of carbonyl (C=O) groups is 1. The molecule has 0 aliphatic heterocycles. The van der Waals surface area contributed by atoms with Crippen molar-refractivity contribution in [3.8, 4) is 0 Å². The Balaban J connectivity index is 2.13. The smallest absolute Gasteiger partial charge is 0.322 e. The Morgan fingerprint density at radius 3 is 2.33 bits per heavy atom. The maximum absolute atomic E-state index is 12.4. The second-order valence-corrected chi connectivity index (χ2v) is 4.92. The highest BCUT2D eigenvalue weighted by molar-refractivity contribution is 9.08. The molecule has 2 aromatic rings. The van der Waals surface area contributed by atoms with Gasteiger partial charge < -0.3 is 5.32 Å². The van der Waals surface area contributed by atoms with Crippen molar-refractivity contribution in [2.45, 2.75) is 11.5 Å². The van der Waals surface area contributed by atoms with Crippen molar-refractivity contribution in [1.29, 1.82) is 0 Å². The van der Waals surface area contributed by atoms with E-state index >= 15 is 0 Å². The van der Waals surface area contributed by atoms with E-state index < -0.39 is 17.6 Å². The molecule has 0 bridgehead atoms. The number of nitrogens with one attached hydrogen (secondary N) is 1. The van der Waals surface area contributed by atoms with Crippen molar-refractivity contribution >= 4 is 27.5 Å². The predicted molar refractivity (Wildman–Crippen MR) is 78.5 cm³/mol. The normalized spacial score (nSPS) is 11.2. The van der Waals surface area contributed by atoms with E-state index in [9.17, 15) is 18.0 Å². The highest BCUT2D eigenvalue weighted by atomic mass is 79.9. The molecule has 2 nitrogen and oxygen atoms in total. The Labute approximate surface area is 128 Å². The van der Waals surface area contributed by atoms with E-state index in [0.29, 0.717) is 11.0 Å². The van der Waals surface area contributed by atoms with E-state index in [1.165, 1.54) is 0 Å². The molecule has 0 saturated heterocycles. The van der Waals surface area contributed by atoms with Crippen LogP contribution in [-0.4, -0.2) is 5.91 Å². The topological polar surface area (TPSA) is 29.1 Å². The molecule has 6 heteroatoms. The molecule has 0 fully saturated rings. The molecule has 0 aliphatic carbocycles. The standard InChI is InChI=1S/C15H11BrF3NO/c16-9-10-2-1-3-13(8-10)20-14(21)11-4-6-12(7-5-11)15(17,18)19/h1-8H,9H2,(H,20,21). The highest BCUT2D eigenvalue weighted by Gasteiger charge is 2.30. The molecule has 0 spiro atoms. The molecule has 2 aromatic carbocycles. The van der Waals surface area contributed by atoms with Crippen LogP contribution in [0.2, 0.25) is 0 Å². The first-order valence-electron chi connectivity index (χ1n) is 6.03. The van der Waals surface area contributed by atoms with Crippen LogP contribution in [0.4, 0.5) is 18.9 Å². The first kappa shape index (κ1) is 15.6. The summed E-state index contributed by atoms with van der Waals surface area (Å²) in [6, 6.07) is 11.3. The number of rotatable bonds is 3. The molecular weight excluding hydrogens is 347 g/mol. The lowest BCUT2D eigenvalue weighted by molar-refractivity contribution is -0.137. The van der Waals surface area contributed by atoms with Gasteiger partial charge in [0.15, 0.2) is 0 Å². The molecule has 0 unspecified atom stereocenters. The van der Waals surface area contributed by atoms with Gasteiger partial charge in [-0.25, -0.2) is 0 Å². The fraction of sp³-hybridized carbons (Fsp3) is 0.133. The van der Waals surface area contributed by atoms with Crippen molar-refractivity contribution in [1.82, 2.24) is 0 Å². The van der Waals surface area contributed by atoms with Gasteiger partial charge >= 0.3 is 6.18 Å². The second-order valence-electron chi connectivity index (χ2n) is 4.36. The molecule has 0 saturated carbocycles. The molecule has 1 amide bonds. The van der Waals surface area contributed by atoms with Gasteiger partial charge in [-0.3, -0.25) is 4.79 Å². The van der Waals surface area contributed by atoms with Gasteiger partial charge in [-0.05, 0) is 42.0 Å². The number of amides is 1. The number of hydrogen-bond acceptors (Lipinski definition) is 1. The van der Waals surface area contributed by atoms with Crippen molar-refractivity contribution in [2.24, 2.45) is 0 Å². The van der Waals surface area contributed by atoms with Gasteiger partial charge in [-0.15, -0.1) is 0 Å². The van der Waals surface area contributed by atoms with Crippen LogP contribution in [0.1, 0.15) is 21.5 Å². The van der Waals surface area contributed by atoms with Crippen molar-refractivity contribution in [3.05, 3.63) is 65.2 Å². The van der Waals surface area contributed by atoms with Gasteiger partial charge in [0.2, 0.25) is 0 Å². The Morgan fingerprint density at radius 1 is 1.10 bits per heavy atom. The fourth-order valence-electron chi connectivity index (χ4n) is 1.75. The van der Waals surface area contributed by atoms with Crippen molar-refractivity contribution < 1.29 is 18.0 Å². The SMILES string of the molecule is O=C(Nc1cccc(CBr)c1)c1ccc(C(F)(F)F)cc1. The quantitative estimate of drug-likeness (QED) is 0.781. The van der Waals surface area contributed by atoms with Crippen molar-refractivity contribution in [2.75, 3.05) is 5.32 Å². The van der Waals surface area contributed by atoms with E-state index in [4.69, 9.17) is 0 Å². The number of halogens is 4. The average molecular weight is 358 g/mol. The Hall–Kier alpha value is -1.82. The van der Waals surface area contributed by atoms with Gasteiger partial charge in [-0.1, -0.05) is 28.1 Å². The van der Waals surface area contributed by atoms with Crippen LogP contribution in [-0.2, 0) is 11.5 Å². The van der Waals surface area contributed by atoms with Gasteiger partial charge in [0.1, 0.15) is 0 Å². The van der Waals surface area contributed by atoms with Gasteiger partial charge in [0.25, 0.3) is 5.91 Å². The monoisotopic (exact) mass is 357 g/mol. The summed E-state index contributed by atoms with van der Waals surface area (Å²) in [5.74, 6) is -0.449. The summed E-state index contributed by atoms with van der Waals surface area (Å²) in [6.45, 7) is 0. The van der Waals surface area contributed by atoms with E-state index in [0.717, 1.165) is 29.8 Å². The maximum atomic E-state index is 12.4. The minimum atomic E-state index is -4.40. The lowest BCUT2D eigenvalue weighted by Crippen LogP contribution is -2.13. The molecule has 1 N–H and O–H groups in total. The minimum absolute atomic E-state index is 0.173. The van der Waals surface area contributed by atoms with Crippen LogP contribution in [0.3, 0.4) is 0 Å². The van der Waals surface area contributed by atoms with Crippen LogP contribution < -0.4 is 5.32 Å². The molecule has 0 atom stereocenters. The summed E-state index contributed by atoms with van der Waals surface area (Å²) < 4.78 is 37.3. The molecule has 110 valence electrons. The first-order chi connectivity index (χ1) is 9.90. The number of carbonyl (C=O) groups excluding carboxylic acids is 1. The third-order valence-electron chi connectivity index (χ3n) is 2.81. The summed E-state index contributed by atoms with van der Waals surface area (Å²) in [4.78, 5) is 12.0. The van der Waals surface area contributed by atoms with Crippen LogP contribution in [0, 0.1) is 0 Å². The largest absolute Gasteiger partial charge is 0.416 e.